The maximum Gasteiger partial charge on any atom is 0.256 e. The van der Waals surface area contributed by atoms with Crippen LogP contribution in [0, 0.1) is 0 Å². The summed E-state index contributed by atoms with van der Waals surface area (Å²) in [6.45, 7) is 9.37. The van der Waals surface area contributed by atoms with Crippen LogP contribution in [0.1, 0.15) is 174 Å². The fourth-order valence-corrected chi connectivity index (χ4v) is 5.26. The Labute approximate surface area is 215 Å². The Morgan fingerprint density at radius 1 is 0.500 bits per heavy atom. The van der Waals surface area contributed by atoms with Gasteiger partial charge in [0, 0.05) is 6.42 Å². The number of nitrogens with zero attached hydrogens (tertiary/aromatic N) is 2. The second kappa shape index (κ2) is 23.9. The van der Waals surface area contributed by atoms with E-state index in [0.717, 1.165) is 0 Å². The van der Waals surface area contributed by atoms with E-state index < -0.39 is 0 Å². The first kappa shape index (κ1) is 31.2. The van der Waals surface area contributed by atoms with Crippen molar-refractivity contribution in [3.8, 4) is 0 Å². The highest BCUT2D eigenvalue weighted by Gasteiger charge is 2.16. The molecular weight excluding hydrogens is 412 g/mol. The Morgan fingerprint density at radius 3 is 1.41 bits per heavy atom. The molecule has 0 saturated heterocycles. The summed E-state index contributed by atoms with van der Waals surface area (Å²) in [5, 5.41) is 0. The van der Waals surface area contributed by atoms with E-state index >= 15 is 0 Å². The predicted octanol–water partition coefficient (Wildman–Crippen LogP) is 10.4. The topological polar surface area (TPSA) is 8.81 Å². The Hall–Kier alpha value is -0.790. The first-order valence-electron chi connectivity index (χ1n) is 15.9. The largest absolute Gasteiger partial charge is 0.256 e. The van der Waals surface area contributed by atoms with Crippen LogP contribution in [-0.4, -0.2) is 4.57 Å². The highest BCUT2D eigenvalue weighted by molar-refractivity contribution is 4.84. The fraction of sp³-hybridized carbons (Fsp3) is 0.906. The smallest absolute Gasteiger partial charge is 0.234 e. The molecule has 34 heavy (non-hydrogen) atoms. The number of hydrogen-bond acceptors (Lipinski definition) is 0. The SMILES string of the molecule is CCCCCCCCCCCCC[n+]1ccn(CCCCCC)c1CCCCCCCCCC. The van der Waals surface area contributed by atoms with Crippen molar-refractivity contribution >= 4 is 0 Å². The summed E-state index contributed by atoms with van der Waals surface area (Å²) in [5.74, 6) is 1.61. The standard InChI is InChI=1S/C32H63N2/c1-4-7-10-13-15-17-18-19-21-23-26-29-34-31-30-33(28-25-12-9-6-3)32(34)27-24-22-20-16-14-11-8-5-2/h30-31H,4-29H2,1-3H3/q+1. The second-order valence-corrected chi connectivity index (χ2v) is 10.9. The monoisotopic (exact) mass is 475 g/mol. The number of rotatable bonds is 26. The van der Waals surface area contributed by atoms with Gasteiger partial charge in [0.1, 0.15) is 12.4 Å². The maximum absolute atomic E-state index is 2.61. The van der Waals surface area contributed by atoms with Crippen LogP contribution in [0.2, 0.25) is 0 Å². The molecule has 1 aromatic heterocycles. The van der Waals surface area contributed by atoms with Gasteiger partial charge in [-0.1, -0.05) is 136 Å². The van der Waals surface area contributed by atoms with Gasteiger partial charge >= 0.3 is 0 Å². The van der Waals surface area contributed by atoms with Crippen molar-refractivity contribution in [1.82, 2.24) is 4.57 Å². The average molecular weight is 476 g/mol. The van der Waals surface area contributed by atoms with Crippen molar-refractivity contribution in [2.75, 3.05) is 0 Å². The first-order valence-corrected chi connectivity index (χ1v) is 15.9. The van der Waals surface area contributed by atoms with Crippen molar-refractivity contribution < 1.29 is 4.57 Å². The third kappa shape index (κ3) is 16.8. The lowest BCUT2D eigenvalue weighted by atomic mass is 10.1. The third-order valence-corrected chi connectivity index (χ3v) is 7.60. The van der Waals surface area contributed by atoms with Crippen molar-refractivity contribution in [2.45, 2.75) is 188 Å². The molecule has 200 valence electrons. The molecule has 0 spiro atoms. The minimum Gasteiger partial charge on any atom is -0.234 e. The van der Waals surface area contributed by atoms with E-state index in [1.54, 1.807) is 5.82 Å². The third-order valence-electron chi connectivity index (χ3n) is 7.60. The normalized spacial score (nSPS) is 11.5. The highest BCUT2D eigenvalue weighted by Crippen LogP contribution is 2.13. The van der Waals surface area contributed by atoms with Crippen LogP contribution in [0.5, 0.6) is 0 Å². The summed E-state index contributed by atoms with van der Waals surface area (Å²) in [6.07, 6.45) is 38.5. The number of hydrogen-bond donors (Lipinski definition) is 0. The molecule has 1 aromatic rings. The molecule has 0 aliphatic carbocycles. The van der Waals surface area contributed by atoms with Gasteiger partial charge in [0.15, 0.2) is 0 Å². The molecule has 0 radical (unpaired) electrons. The molecule has 0 saturated carbocycles. The minimum atomic E-state index is 1.22. The van der Waals surface area contributed by atoms with Gasteiger partial charge in [-0.15, -0.1) is 0 Å². The molecule has 0 bridgehead atoms. The summed E-state index contributed by atoms with van der Waals surface area (Å²) in [5.41, 5.74) is 0. The molecule has 0 atom stereocenters. The summed E-state index contributed by atoms with van der Waals surface area (Å²) in [4.78, 5) is 0. The van der Waals surface area contributed by atoms with E-state index in [2.05, 4.69) is 42.3 Å². The van der Waals surface area contributed by atoms with Crippen LogP contribution in [0.25, 0.3) is 0 Å². The molecule has 2 heteroatoms. The fourth-order valence-electron chi connectivity index (χ4n) is 5.26. The lowest BCUT2D eigenvalue weighted by Crippen LogP contribution is -2.37. The Kier molecular flexibility index (Phi) is 22.0. The van der Waals surface area contributed by atoms with Gasteiger partial charge in [0.25, 0.3) is 5.82 Å². The molecule has 0 fully saturated rings. The van der Waals surface area contributed by atoms with Crippen LogP contribution in [0.3, 0.4) is 0 Å². The summed E-state index contributed by atoms with van der Waals surface area (Å²) in [6, 6.07) is 0. The number of unbranched alkanes of at least 4 members (excludes halogenated alkanes) is 20. The molecule has 0 aromatic carbocycles. The lowest BCUT2D eigenvalue weighted by Gasteiger charge is -2.07. The lowest BCUT2D eigenvalue weighted by molar-refractivity contribution is -0.704. The van der Waals surface area contributed by atoms with Crippen LogP contribution < -0.4 is 4.57 Å². The molecule has 0 aliphatic rings. The van der Waals surface area contributed by atoms with Gasteiger partial charge < -0.3 is 0 Å². The van der Waals surface area contributed by atoms with E-state index in [0.29, 0.717) is 0 Å². The second-order valence-electron chi connectivity index (χ2n) is 10.9. The summed E-state index contributed by atoms with van der Waals surface area (Å²) < 4.78 is 5.20. The average Bonchev–Trinajstić information content (AvgIpc) is 3.23. The Morgan fingerprint density at radius 2 is 0.912 bits per heavy atom. The van der Waals surface area contributed by atoms with Crippen molar-refractivity contribution in [3.05, 3.63) is 18.2 Å². The van der Waals surface area contributed by atoms with E-state index in [-0.39, 0.29) is 0 Å². The van der Waals surface area contributed by atoms with E-state index in [9.17, 15) is 0 Å². The van der Waals surface area contributed by atoms with Crippen LogP contribution in [-0.2, 0) is 19.5 Å². The molecular formula is C32H63N2+. The van der Waals surface area contributed by atoms with Gasteiger partial charge in [0.2, 0.25) is 0 Å². The molecule has 2 nitrogen and oxygen atoms in total. The quantitative estimate of drug-likeness (QED) is 0.0930. The van der Waals surface area contributed by atoms with Crippen LogP contribution in [0.15, 0.2) is 12.4 Å². The van der Waals surface area contributed by atoms with Crippen molar-refractivity contribution in [1.29, 1.82) is 0 Å². The summed E-state index contributed by atoms with van der Waals surface area (Å²) in [7, 11) is 0. The molecule has 0 aliphatic heterocycles. The Balaban J connectivity index is 2.29. The predicted molar refractivity (Wildman–Crippen MR) is 152 cm³/mol. The zero-order valence-electron chi connectivity index (χ0n) is 23.9. The summed E-state index contributed by atoms with van der Waals surface area (Å²) >= 11 is 0. The number of aryl methyl sites for hydroxylation is 2. The first-order chi connectivity index (χ1) is 16.8. The number of imidazole rings is 1. The Bertz CT molecular complexity index is 533. The van der Waals surface area contributed by atoms with Gasteiger partial charge in [0.05, 0.1) is 13.1 Å². The number of aromatic nitrogens is 2. The molecule has 1 heterocycles. The van der Waals surface area contributed by atoms with Crippen molar-refractivity contribution in [3.63, 3.8) is 0 Å². The van der Waals surface area contributed by atoms with Crippen molar-refractivity contribution in [2.24, 2.45) is 0 Å². The zero-order chi connectivity index (χ0) is 24.5. The van der Waals surface area contributed by atoms with E-state index in [1.807, 2.05) is 0 Å². The molecule has 0 unspecified atom stereocenters. The molecule has 1 rings (SSSR count). The van der Waals surface area contributed by atoms with Gasteiger partial charge in [-0.3, -0.25) is 0 Å². The maximum atomic E-state index is 2.61. The van der Waals surface area contributed by atoms with E-state index in [1.165, 1.54) is 167 Å². The highest BCUT2D eigenvalue weighted by atomic mass is 15.1. The zero-order valence-corrected chi connectivity index (χ0v) is 23.9. The van der Waals surface area contributed by atoms with Gasteiger partial charge in [-0.2, -0.15) is 0 Å². The minimum absolute atomic E-state index is 1.22. The molecule has 0 N–H and O–H groups in total. The van der Waals surface area contributed by atoms with Crippen LogP contribution in [0.4, 0.5) is 0 Å². The molecule has 0 amide bonds. The van der Waals surface area contributed by atoms with Gasteiger partial charge in [-0.05, 0) is 32.1 Å². The van der Waals surface area contributed by atoms with Gasteiger partial charge in [-0.25, -0.2) is 9.13 Å². The van der Waals surface area contributed by atoms with Crippen LogP contribution >= 0.6 is 0 Å². The van der Waals surface area contributed by atoms with E-state index in [4.69, 9.17) is 0 Å².